The number of unbranched alkanes of at least 4 members (excludes halogenated alkanes) is 1. The molecule has 5 heterocycles. The van der Waals surface area contributed by atoms with Crippen LogP contribution in [0, 0.1) is 0 Å². The average molecular weight is 751 g/mol. The van der Waals surface area contributed by atoms with Crippen molar-refractivity contribution in [3.05, 3.63) is 169 Å². The van der Waals surface area contributed by atoms with E-state index in [1.54, 1.807) is 0 Å². The summed E-state index contributed by atoms with van der Waals surface area (Å²) in [7, 11) is 4.26. The Balaban J connectivity index is 1.16. The van der Waals surface area contributed by atoms with Crippen LogP contribution < -0.4 is 9.13 Å². The number of hydrogen-bond donors (Lipinski definition) is 0. The minimum atomic E-state index is 0.638. The van der Waals surface area contributed by atoms with Gasteiger partial charge in [-0.25, -0.2) is 19.9 Å². The molecule has 278 valence electrons. The fourth-order valence-electron chi connectivity index (χ4n) is 8.49. The van der Waals surface area contributed by atoms with E-state index in [0.717, 1.165) is 114 Å². The van der Waals surface area contributed by atoms with Crippen LogP contribution in [-0.2, 0) is 20.5 Å². The number of hydrogen-bond acceptors (Lipinski definition) is 4. The minimum Gasteiger partial charge on any atom is -0.246 e. The van der Waals surface area contributed by atoms with Crippen molar-refractivity contribution in [1.29, 1.82) is 0 Å². The topological polar surface area (TPSA) is 59.3 Å². The monoisotopic (exact) mass is 750 g/mol. The van der Waals surface area contributed by atoms with Crippen molar-refractivity contribution < 1.29 is 9.13 Å². The number of nitrogens with zero attached hydrogens (tertiary/aromatic N) is 6. The molecule has 58 heavy (non-hydrogen) atoms. The van der Waals surface area contributed by atoms with Gasteiger partial charge in [-0.2, -0.15) is 9.13 Å². The van der Waals surface area contributed by atoms with E-state index in [1.807, 2.05) is 18.2 Å². The zero-order valence-corrected chi connectivity index (χ0v) is 32.9. The molecule has 0 aliphatic rings. The quantitative estimate of drug-likeness (QED) is 0.115. The van der Waals surface area contributed by atoms with Gasteiger partial charge in [0.2, 0.25) is 22.1 Å². The Bertz CT molecular complexity index is 2890. The normalized spacial score (nSPS) is 11.6. The molecule has 0 saturated heterocycles. The minimum absolute atomic E-state index is 0.638. The summed E-state index contributed by atoms with van der Waals surface area (Å²) in [4.78, 5) is 21.2. The lowest BCUT2D eigenvalue weighted by atomic mass is 9.98. The molecule has 0 amide bonds. The van der Waals surface area contributed by atoms with Crippen molar-refractivity contribution in [3.8, 4) is 56.7 Å². The number of aryl methyl sites for hydroxylation is 3. The van der Waals surface area contributed by atoms with Crippen LogP contribution in [0.25, 0.3) is 100 Å². The smallest absolute Gasteiger partial charge is 0.213 e. The first kappa shape index (κ1) is 35.2. The second kappa shape index (κ2) is 14.7. The van der Waals surface area contributed by atoms with Gasteiger partial charge in [0.05, 0.1) is 55.7 Å². The summed E-state index contributed by atoms with van der Waals surface area (Å²) in [5.41, 5.74) is 13.9. The van der Waals surface area contributed by atoms with Crippen molar-refractivity contribution in [2.45, 2.75) is 26.2 Å². The van der Waals surface area contributed by atoms with Crippen LogP contribution >= 0.6 is 0 Å². The van der Waals surface area contributed by atoms with Crippen LogP contribution in [0.15, 0.2) is 164 Å². The first-order valence-electron chi connectivity index (χ1n) is 20.1. The fourth-order valence-corrected chi connectivity index (χ4v) is 8.49. The van der Waals surface area contributed by atoms with Gasteiger partial charge in [-0.15, -0.1) is 0 Å². The molecule has 6 heteroatoms. The molecule has 0 spiro atoms. The first-order valence-corrected chi connectivity index (χ1v) is 20.1. The Morgan fingerprint density at radius 1 is 0.397 bits per heavy atom. The van der Waals surface area contributed by atoms with E-state index in [9.17, 15) is 0 Å². The number of para-hydroxylation sites is 4. The summed E-state index contributed by atoms with van der Waals surface area (Å²) < 4.78 is 4.52. The molecule has 0 fully saturated rings. The average Bonchev–Trinajstić information content (AvgIpc) is 3.29. The zero-order valence-electron chi connectivity index (χ0n) is 32.9. The van der Waals surface area contributed by atoms with Crippen LogP contribution in [0.1, 0.15) is 25.3 Å². The molecule has 10 rings (SSSR count). The summed E-state index contributed by atoms with van der Waals surface area (Å²) in [5.74, 6) is 0.638. The third-order valence-electron chi connectivity index (χ3n) is 11.4. The van der Waals surface area contributed by atoms with Gasteiger partial charge in [0.15, 0.2) is 5.82 Å². The van der Waals surface area contributed by atoms with Gasteiger partial charge in [-0.05, 0) is 73.0 Å². The molecule has 5 aromatic carbocycles. The van der Waals surface area contributed by atoms with Crippen LogP contribution in [-0.4, -0.2) is 19.9 Å². The van der Waals surface area contributed by atoms with Gasteiger partial charge in [-0.3, -0.25) is 0 Å². The van der Waals surface area contributed by atoms with E-state index in [4.69, 9.17) is 19.9 Å². The molecular weight excluding hydrogens is 709 g/mol. The van der Waals surface area contributed by atoms with Crippen molar-refractivity contribution in [2.24, 2.45) is 14.1 Å². The molecule has 0 radical (unpaired) electrons. The predicted molar refractivity (Wildman–Crippen MR) is 236 cm³/mol. The Morgan fingerprint density at radius 3 is 1.21 bits per heavy atom. The molecular formula is C52H42N6+2. The molecule has 0 aliphatic heterocycles. The van der Waals surface area contributed by atoms with Crippen molar-refractivity contribution >= 4 is 43.6 Å². The molecule has 0 bridgehead atoms. The summed E-state index contributed by atoms with van der Waals surface area (Å²) in [6.45, 7) is 2.23. The van der Waals surface area contributed by atoms with Gasteiger partial charge in [0.25, 0.3) is 0 Å². The van der Waals surface area contributed by atoms with Gasteiger partial charge < -0.3 is 0 Å². The van der Waals surface area contributed by atoms with E-state index in [2.05, 4.69) is 176 Å². The Labute approximate surface area is 337 Å². The highest BCUT2D eigenvalue weighted by Crippen LogP contribution is 2.36. The highest BCUT2D eigenvalue weighted by Gasteiger charge is 2.22. The molecule has 0 saturated carbocycles. The highest BCUT2D eigenvalue weighted by molar-refractivity contribution is 6.07. The Hall–Kier alpha value is -7.18. The van der Waals surface area contributed by atoms with E-state index >= 15 is 0 Å². The van der Waals surface area contributed by atoms with Gasteiger partial charge >= 0.3 is 0 Å². The molecule has 6 nitrogen and oxygen atoms in total. The summed E-state index contributed by atoms with van der Waals surface area (Å²) in [5, 5.41) is 4.60. The molecule has 0 aliphatic carbocycles. The Morgan fingerprint density at radius 2 is 0.793 bits per heavy atom. The number of rotatable bonds is 8. The highest BCUT2D eigenvalue weighted by atomic mass is 14.9. The third kappa shape index (κ3) is 6.14. The number of pyridine rings is 4. The largest absolute Gasteiger partial charge is 0.246 e. The van der Waals surface area contributed by atoms with Gasteiger partial charge in [-0.1, -0.05) is 98.3 Å². The molecule has 0 N–H and O–H groups in total. The number of benzene rings is 5. The lowest BCUT2D eigenvalue weighted by molar-refractivity contribution is -0.617. The van der Waals surface area contributed by atoms with Gasteiger partial charge in [0, 0.05) is 41.0 Å². The van der Waals surface area contributed by atoms with E-state index in [1.165, 1.54) is 5.56 Å². The standard InChI is InChI=1S/C52H42N6/c1-4-5-16-34-29-31-35(32-30-34)52-55-44(40-21-14-23-42(53-40)50-36-17-6-10-25-46(36)57(2)47-26-11-7-18-37(47)50)33-45(56-52)41-22-15-24-43(54-41)51-38-19-8-12-27-48(38)58(3)49-28-13-9-20-39(49)51/h6-15,17-33H,4-5,16H2,1-3H3/q+2. The van der Waals surface area contributed by atoms with Crippen LogP contribution in [0.3, 0.4) is 0 Å². The van der Waals surface area contributed by atoms with Crippen LogP contribution in [0.2, 0.25) is 0 Å². The number of aromatic nitrogens is 6. The maximum absolute atomic E-state index is 5.38. The maximum Gasteiger partial charge on any atom is 0.213 e. The summed E-state index contributed by atoms with van der Waals surface area (Å²) >= 11 is 0. The van der Waals surface area contributed by atoms with Gasteiger partial charge in [0.1, 0.15) is 14.1 Å². The lowest BCUT2D eigenvalue weighted by Gasteiger charge is -2.13. The summed E-state index contributed by atoms with van der Waals surface area (Å²) in [6.07, 6.45) is 3.38. The molecule has 0 atom stereocenters. The molecule has 10 aromatic rings. The SMILES string of the molecule is CCCCc1ccc(-c2nc(-c3cccc(-c4c5ccccc5[n+](C)c5ccccc45)n3)cc(-c3cccc(-c4c5ccccc5[n+](C)c5ccccc45)n3)n2)cc1. The second-order valence-corrected chi connectivity index (χ2v) is 15.0. The lowest BCUT2D eigenvalue weighted by Crippen LogP contribution is -2.30. The van der Waals surface area contributed by atoms with Crippen molar-refractivity contribution in [1.82, 2.24) is 19.9 Å². The predicted octanol–water partition coefficient (Wildman–Crippen LogP) is 11.2. The zero-order chi connectivity index (χ0) is 39.2. The number of fused-ring (bicyclic) bond motifs is 4. The van der Waals surface area contributed by atoms with Crippen LogP contribution in [0.4, 0.5) is 0 Å². The maximum atomic E-state index is 5.38. The van der Waals surface area contributed by atoms with Crippen molar-refractivity contribution in [2.75, 3.05) is 0 Å². The van der Waals surface area contributed by atoms with E-state index in [0.29, 0.717) is 5.82 Å². The third-order valence-corrected chi connectivity index (χ3v) is 11.4. The molecule has 0 unspecified atom stereocenters. The van der Waals surface area contributed by atoms with E-state index in [-0.39, 0.29) is 0 Å². The van der Waals surface area contributed by atoms with E-state index < -0.39 is 0 Å². The fraction of sp³-hybridized carbons (Fsp3) is 0.115. The van der Waals surface area contributed by atoms with Crippen molar-refractivity contribution in [3.63, 3.8) is 0 Å². The summed E-state index contributed by atoms with van der Waals surface area (Å²) in [6, 6.07) is 57.5. The molecule has 5 aromatic heterocycles. The van der Waals surface area contributed by atoms with Crippen LogP contribution in [0.5, 0.6) is 0 Å². The second-order valence-electron chi connectivity index (χ2n) is 15.0. The first-order chi connectivity index (χ1) is 28.6. The Kier molecular flexibility index (Phi) is 8.94.